The zero-order chi connectivity index (χ0) is 15.9. The van der Waals surface area contributed by atoms with E-state index in [2.05, 4.69) is 18.8 Å². The Morgan fingerprint density at radius 1 is 1.32 bits per heavy atom. The van der Waals surface area contributed by atoms with Crippen molar-refractivity contribution in [2.45, 2.75) is 26.4 Å². The summed E-state index contributed by atoms with van der Waals surface area (Å²) in [6.45, 7) is 5.30. The SMILES string of the molecule is COC(COCCC(C)C)c1cccc(-c2cscn2)c1F. The van der Waals surface area contributed by atoms with E-state index in [1.54, 1.807) is 24.8 Å². The van der Waals surface area contributed by atoms with Gasteiger partial charge in [-0.2, -0.15) is 0 Å². The van der Waals surface area contributed by atoms with Crippen LogP contribution in [-0.4, -0.2) is 25.3 Å². The van der Waals surface area contributed by atoms with Crippen molar-refractivity contribution in [2.75, 3.05) is 20.3 Å². The van der Waals surface area contributed by atoms with Crippen molar-refractivity contribution >= 4 is 11.3 Å². The van der Waals surface area contributed by atoms with Crippen LogP contribution in [0.15, 0.2) is 29.1 Å². The van der Waals surface area contributed by atoms with Gasteiger partial charge in [0.05, 0.1) is 17.8 Å². The highest BCUT2D eigenvalue weighted by Gasteiger charge is 2.19. The monoisotopic (exact) mass is 323 g/mol. The van der Waals surface area contributed by atoms with Crippen LogP contribution in [0.2, 0.25) is 0 Å². The Hall–Kier alpha value is -1.30. The molecule has 0 N–H and O–H groups in total. The van der Waals surface area contributed by atoms with E-state index in [4.69, 9.17) is 9.47 Å². The number of benzene rings is 1. The molecule has 1 atom stereocenters. The third-order valence-electron chi connectivity index (χ3n) is 3.48. The number of hydrogen-bond donors (Lipinski definition) is 0. The minimum absolute atomic E-state index is 0.285. The van der Waals surface area contributed by atoms with Gasteiger partial charge in [0.25, 0.3) is 0 Å². The van der Waals surface area contributed by atoms with Gasteiger partial charge in [0.15, 0.2) is 0 Å². The first-order valence-electron chi connectivity index (χ1n) is 7.41. The van der Waals surface area contributed by atoms with Gasteiger partial charge >= 0.3 is 0 Å². The molecule has 120 valence electrons. The summed E-state index contributed by atoms with van der Waals surface area (Å²) in [7, 11) is 1.57. The second-order valence-electron chi connectivity index (χ2n) is 5.56. The van der Waals surface area contributed by atoms with Crippen molar-refractivity contribution in [1.82, 2.24) is 4.98 Å². The number of methoxy groups -OCH3 is 1. The fraction of sp³-hybridized carbons (Fsp3) is 0.471. The fourth-order valence-electron chi connectivity index (χ4n) is 2.14. The Morgan fingerprint density at radius 3 is 2.77 bits per heavy atom. The molecule has 3 nitrogen and oxygen atoms in total. The van der Waals surface area contributed by atoms with Crippen LogP contribution in [0.4, 0.5) is 4.39 Å². The van der Waals surface area contributed by atoms with Gasteiger partial charge in [-0.25, -0.2) is 9.37 Å². The second kappa shape index (κ2) is 8.36. The number of nitrogens with zero attached hydrogens (tertiary/aromatic N) is 1. The quantitative estimate of drug-likeness (QED) is 0.660. The Morgan fingerprint density at radius 2 is 2.14 bits per heavy atom. The summed E-state index contributed by atoms with van der Waals surface area (Å²) in [5.74, 6) is 0.304. The average molecular weight is 323 g/mol. The lowest BCUT2D eigenvalue weighted by Gasteiger charge is -2.18. The predicted molar refractivity (Wildman–Crippen MR) is 87.5 cm³/mol. The van der Waals surface area contributed by atoms with E-state index in [0.717, 1.165) is 6.42 Å². The van der Waals surface area contributed by atoms with Gasteiger partial charge in [-0.3, -0.25) is 0 Å². The highest BCUT2D eigenvalue weighted by Crippen LogP contribution is 2.29. The Balaban J connectivity index is 2.10. The topological polar surface area (TPSA) is 31.4 Å². The van der Waals surface area contributed by atoms with Gasteiger partial charge in [-0.1, -0.05) is 26.0 Å². The van der Waals surface area contributed by atoms with E-state index in [-0.39, 0.29) is 5.82 Å². The lowest BCUT2D eigenvalue weighted by molar-refractivity contribution is 0.00287. The van der Waals surface area contributed by atoms with E-state index in [0.29, 0.717) is 36.0 Å². The molecule has 2 aromatic rings. The first-order valence-corrected chi connectivity index (χ1v) is 8.35. The predicted octanol–water partition coefficient (Wildman–Crippen LogP) is 4.70. The van der Waals surface area contributed by atoms with Crippen LogP contribution in [-0.2, 0) is 9.47 Å². The van der Waals surface area contributed by atoms with Crippen LogP contribution in [0.25, 0.3) is 11.3 Å². The summed E-state index contributed by atoms with van der Waals surface area (Å²) in [5.41, 5.74) is 3.37. The number of aromatic nitrogens is 1. The maximum Gasteiger partial charge on any atom is 0.138 e. The van der Waals surface area contributed by atoms with Crippen molar-refractivity contribution in [3.63, 3.8) is 0 Å². The maximum atomic E-state index is 14.7. The molecule has 0 spiro atoms. The smallest absolute Gasteiger partial charge is 0.138 e. The van der Waals surface area contributed by atoms with Gasteiger partial charge in [-0.15, -0.1) is 11.3 Å². The third-order valence-corrected chi connectivity index (χ3v) is 4.06. The Bertz CT molecular complexity index is 572. The molecule has 1 heterocycles. The molecule has 0 saturated carbocycles. The molecule has 0 saturated heterocycles. The normalized spacial score (nSPS) is 12.8. The molecule has 2 rings (SSSR count). The first kappa shape index (κ1) is 17.1. The molecule has 1 aromatic carbocycles. The summed E-state index contributed by atoms with van der Waals surface area (Å²) in [5, 5.41) is 1.84. The minimum atomic E-state index is -0.411. The first-order chi connectivity index (χ1) is 10.6. The van der Waals surface area contributed by atoms with Crippen molar-refractivity contribution in [3.8, 4) is 11.3 Å². The van der Waals surface area contributed by atoms with Crippen LogP contribution < -0.4 is 0 Å². The van der Waals surface area contributed by atoms with Crippen LogP contribution in [0, 0.1) is 11.7 Å². The molecule has 22 heavy (non-hydrogen) atoms. The van der Waals surface area contributed by atoms with Crippen molar-refractivity contribution in [2.24, 2.45) is 5.92 Å². The molecule has 1 unspecified atom stereocenters. The van der Waals surface area contributed by atoms with E-state index in [1.165, 1.54) is 11.3 Å². The minimum Gasteiger partial charge on any atom is -0.378 e. The molecule has 0 bridgehead atoms. The molecule has 0 fully saturated rings. The molecule has 0 radical (unpaired) electrons. The van der Waals surface area contributed by atoms with Crippen LogP contribution in [0.5, 0.6) is 0 Å². The molecule has 5 heteroatoms. The maximum absolute atomic E-state index is 14.7. The lowest BCUT2D eigenvalue weighted by Crippen LogP contribution is -2.13. The summed E-state index contributed by atoms with van der Waals surface area (Å²) < 4.78 is 25.8. The average Bonchev–Trinajstić information content (AvgIpc) is 3.02. The van der Waals surface area contributed by atoms with E-state index >= 15 is 0 Å². The summed E-state index contributed by atoms with van der Waals surface area (Å²) in [6.07, 6.45) is 0.573. The second-order valence-corrected chi connectivity index (χ2v) is 6.28. The Labute approximate surface area is 135 Å². The summed E-state index contributed by atoms with van der Waals surface area (Å²) >= 11 is 1.45. The molecule has 0 aliphatic rings. The van der Waals surface area contributed by atoms with E-state index in [9.17, 15) is 4.39 Å². The zero-order valence-electron chi connectivity index (χ0n) is 13.2. The molecular weight excluding hydrogens is 301 g/mol. The standard InChI is InChI=1S/C17H22FNO2S/c1-12(2)7-8-21-9-16(20-3)14-6-4-5-13(17(14)18)15-10-22-11-19-15/h4-6,10-12,16H,7-9H2,1-3H3. The van der Waals surface area contributed by atoms with Gasteiger partial charge in [0.2, 0.25) is 0 Å². The summed E-state index contributed by atoms with van der Waals surface area (Å²) in [4.78, 5) is 4.17. The lowest BCUT2D eigenvalue weighted by atomic mass is 10.0. The number of rotatable bonds is 8. The molecular formula is C17H22FNO2S. The molecule has 1 aromatic heterocycles. The van der Waals surface area contributed by atoms with Crippen molar-refractivity contribution in [3.05, 3.63) is 40.5 Å². The van der Waals surface area contributed by atoms with Gasteiger partial charge in [-0.05, 0) is 18.4 Å². The number of thiazole rings is 1. The number of halogens is 1. The fourth-order valence-corrected chi connectivity index (χ4v) is 2.69. The van der Waals surface area contributed by atoms with E-state index < -0.39 is 6.10 Å². The van der Waals surface area contributed by atoms with Gasteiger partial charge in [0.1, 0.15) is 11.9 Å². The molecule has 0 aliphatic heterocycles. The van der Waals surface area contributed by atoms with Gasteiger partial charge < -0.3 is 9.47 Å². The van der Waals surface area contributed by atoms with Crippen molar-refractivity contribution in [1.29, 1.82) is 0 Å². The molecule has 0 amide bonds. The van der Waals surface area contributed by atoms with Crippen molar-refractivity contribution < 1.29 is 13.9 Å². The number of ether oxygens (including phenoxy) is 2. The van der Waals surface area contributed by atoms with Crippen LogP contribution in [0.1, 0.15) is 31.9 Å². The Kier molecular flexibility index (Phi) is 6.49. The largest absolute Gasteiger partial charge is 0.378 e. The van der Waals surface area contributed by atoms with Gasteiger partial charge in [0, 0.05) is 30.2 Å². The molecule has 0 aliphatic carbocycles. The zero-order valence-corrected chi connectivity index (χ0v) is 14.0. The van der Waals surface area contributed by atoms with Crippen LogP contribution >= 0.6 is 11.3 Å². The highest BCUT2D eigenvalue weighted by atomic mass is 32.1. The highest BCUT2D eigenvalue weighted by molar-refractivity contribution is 7.07. The van der Waals surface area contributed by atoms with E-state index in [1.807, 2.05) is 11.4 Å². The summed E-state index contributed by atoms with van der Waals surface area (Å²) in [6, 6.07) is 5.30. The third kappa shape index (κ3) is 4.35. The van der Waals surface area contributed by atoms with Crippen LogP contribution in [0.3, 0.4) is 0 Å². The number of hydrogen-bond acceptors (Lipinski definition) is 4.